The topological polar surface area (TPSA) is 84.9 Å². The van der Waals surface area contributed by atoms with Crippen LogP contribution in [0, 0.1) is 19.8 Å². The van der Waals surface area contributed by atoms with Crippen LogP contribution < -0.4 is 15.0 Å². The third-order valence-corrected chi connectivity index (χ3v) is 5.89. The number of carbonyl (C=O) groups is 3. The van der Waals surface area contributed by atoms with Crippen LogP contribution in [-0.4, -0.2) is 37.5 Å². The summed E-state index contributed by atoms with van der Waals surface area (Å²) >= 11 is 3.45. The lowest BCUT2D eigenvalue weighted by molar-refractivity contribution is -0.151. The van der Waals surface area contributed by atoms with Crippen molar-refractivity contribution in [1.29, 1.82) is 0 Å². The van der Waals surface area contributed by atoms with Crippen molar-refractivity contribution in [1.82, 2.24) is 0 Å². The first kappa shape index (κ1) is 22.8. The van der Waals surface area contributed by atoms with Gasteiger partial charge in [0.1, 0.15) is 5.75 Å². The lowest BCUT2D eigenvalue weighted by atomic mass is 10.1. The van der Waals surface area contributed by atoms with Gasteiger partial charge in [-0.3, -0.25) is 14.4 Å². The number of hydrogen-bond donors (Lipinski definition) is 1. The molecule has 1 fully saturated rings. The lowest BCUT2D eigenvalue weighted by Gasteiger charge is -2.20. The Bertz CT molecular complexity index is 1010. The molecule has 0 aromatic heterocycles. The summed E-state index contributed by atoms with van der Waals surface area (Å²) in [6.07, 6.45) is 0.0337. The number of esters is 1. The number of ether oxygens (including phenoxy) is 2. The smallest absolute Gasteiger partial charge is 0.311 e. The van der Waals surface area contributed by atoms with E-state index in [0.29, 0.717) is 23.7 Å². The summed E-state index contributed by atoms with van der Waals surface area (Å²) in [6.45, 7) is 5.92. The molecule has 0 radical (unpaired) electrons. The first-order valence-corrected chi connectivity index (χ1v) is 10.8. The van der Waals surface area contributed by atoms with Crippen molar-refractivity contribution in [2.24, 2.45) is 5.92 Å². The molecule has 2 amide bonds. The van der Waals surface area contributed by atoms with Gasteiger partial charge in [-0.1, -0.05) is 28.1 Å². The monoisotopic (exact) mass is 488 g/mol. The Balaban J connectivity index is 1.58. The van der Waals surface area contributed by atoms with E-state index in [4.69, 9.17) is 9.47 Å². The summed E-state index contributed by atoms with van der Waals surface area (Å²) < 4.78 is 11.7. The number of nitrogens with zero attached hydrogens (tertiary/aromatic N) is 1. The SMILES string of the molecule is CCOc1ccccc1N1C[C@@H](C(=O)OCC(=O)Nc2cc(C)c(Br)cc2C)CC1=O. The molecule has 1 heterocycles. The standard InChI is InChI=1S/C23H25BrN2O5/c1-4-30-20-8-6-5-7-19(20)26-12-16(11-22(26)28)23(29)31-13-21(27)25-18-10-14(2)17(24)9-15(18)3/h5-10,16H,4,11-13H2,1-3H3,(H,25,27)/t16-/m0/s1. The average molecular weight is 489 g/mol. The fourth-order valence-corrected chi connectivity index (χ4v) is 3.87. The van der Waals surface area contributed by atoms with E-state index in [1.54, 1.807) is 12.1 Å². The van der Waals surface area contributed by atoms with E-state index in [1.807, 2.05) is 45.0 Å². The van der Waals surface area contributed by atoms with E-state index in [2.05, 4.69) is 21.2 Å². The van der Waals surface area contributed by atoms with Gasteiger partial charge in [-0.15, -0.1) is 0 Å². The summed E-state index contributed by atoms with van der Waals surface area (Å²) in [6, 6.07) is 11.0. The highest BCUT2D eigenvalue weighted by Crippen LogP contribution is 2.33. The maximum absolute atomic E-state index is 12.5. The van der Waals surface area contributed by atoms with Gasteiger partial charge < -0.3 is 19.7 Å². The van der Waals surface area contributed by atoms with Gasteiger partial charge >= 0.3 is 5.97 Å². The Kier molecular flexibility index (Phi) is 7.33. The van der Waals surface area contributed by atoms with E-state index in [0.717, 1.165) is 15.6 Å². The fraction of sp³-hybridized carbons (Fsp3) is 0.348. The zero-order chi connectivity index (χ0) is 22.5. The minimum Gasteiger partial charge on any atom is -0.492 e. The molecule has 0 saturated carbocycles. The highest BCUT2D eigenvalue weighted by atomic mass is 79.9. The number of nitrogens with one attached hydrogen (secondary N) is 1. The minimum atomic E-state index is -0.633. The molecular formula is C23H25BrN2O5. The number of hydrogen-bond acceptors (Lipinski definition) is 5. The average Bonchev–Trinajstić information content (AvgIpc) is 3.12. The van der Waals surface area contributed by atoms with Crippen molar-refractivity contribution >= 4 is 45.1 Å². The normalized spacial score (nSPS) is 15.7. The Morgan fingerprint density at radius 2 is 1.94 bits per heavy atom. The number of aryl methyl sites for hydroxylation is 2. The number of para-hydroxylation sites is 2. The highest BCUT2D eigenvalue weighted by Gasteiger charge is 2.37. The zero-order valence-corrected chi connectivity index (χ0v) is 19.3. The molecule has 1 atom stereocenters. The molecule has 1 aliphatic rings. The second kappa shape index (κ2) is 9.96. The van der Waals surface area contributed by atoms with E-state index >= 15 is 0 Å². The Labute approximate surface area is 189 Å². The maximum Gasteiger partial charge on any atom is 0.311 e. The van der Waals surface area contributed by atoms with E-state index in [1.165, 1.54) is 4.90 Å². The van der Waals surface area contributed by atoms with Crippen LogP contribution in [0.2, 0.25) is 0 Å². The third-order valence-electron chi connectivity index (χ3n) is 5.04. The second-order valence-electron chi connectivity index (χ2n) is 7.38. The summed E-state index contributed by atoms with van der Waals surface area (Å²) in [4.78, 5) is 38.8. The Morgan fingerprint density at radius 1 is 1.19 bits per heavy atom. The van der Waals surface area contributed by atoms with Crippen LogP contribution in [0.25, 0.3) is 0 Å². The van der Waals surface area contributed by atoms with Crippen molar-refractivity contribution in [2.45, 2.75) is 27.2 Å². The molecule has 0 unspecified atom stereocenters. The molecule has 0 spiro atoms. The molecular weight excluding hydrogens is 464 g/mol. The zero-order valence-electron chi connectivity index (χ0n) is 17.7. The number of carbonyl (C=O) groups excluding carboxylic acids is 3. The molecule has 0 aliphatic carbocycles. The fourth-order valence-electron chi connectivity index (χ4n) is 3.41. The van der Waals surface area contributed by atoms with Gasteiger partial charge in [-0.2, -0.15) is 0 Å². The van der Waals surface area contributed by atoms with Crippen LogP contribution in [0.15, 0.2) is 40.9 Å². The number of amides is 2. The van der Waals surface area contributed by atoms with Gasteiger partial charge in [0.05, 0.1) is 18.2 Å². The quantitative estimate of drug-likeness (QED) is 0.595. The van der Waals surface area contributed by atoms with Crippen molar-refractivity contribution in [3.8, 4) is 5.75 Å². The van der Waals surface area contributed by atoms with Crippen LogP contribution in [0.1, 0.15) is 24.5 Å². The highest BCUT2D eigenvalue weighted by molar-refractivity contribution is 9.10. The van der Waals surface area contributed by atoms with Crippen molar-refractivity contribution in [3.63, 3.8) is 0 Å². The van der Waals surface area contributed by atoms with Crippen molar-refractivity contribution in [3.05, 3.63) is 52.0 Å². The van der Waals surface area contributed by atoms with Gasteiger partial charge in [-0.25, -0.2) is 0 Å². The summed E-state index contributed by atoms with van der Waals surface area (Å²) in [7, 11) is 0. The molecule has 2 aromatic carbocycles. The predicted octanol–water partition coefficient (Wildman–Crippen LogP) is 4.00. The van der Waals surface area contributed by atoms with Crippen LogP contribution >= 0.6 is 15.9 Å². The Hall–Kier alpha value is -2.87. The number of halogens is 1. The van der Waals surface area contributed by atoms with Gasteiger partial charge in [0.2, 0.25) is 5.91 Å². The molecule has 1 aliphatic heterocycles. The minimum absolute atomic E-state index is 0.0337. The predicted molar refractivity (Wildman–Crippen MR) is 121 cm³/mol. The summed E-state index contributed by atoms with van der Waals surface area (Å²) in [5.74, 6) is -1.22. The Morgan fingerprint density at radius 3 is 2.68 bits per heavy atom. The van der Waals surface area contributed by atoms with Gasteiger partial charge in [0, 0.05) is 23.1 Å². The number of anilines is 2. The molecule has 1 saturated heterocycles. The van der Waals surface area contributed by atoms with Gasteiger partial charge in [-0.05, 0) is 56.2 Å². The molecule has 31 heavy (non-hydrogen) atoms. The molecule has 164 valence electrons. The molecule has 7 nitrogen and oxygen atoms in total. The van der Waals surface area contributed by atoms with Gasteiger partial charge in [0.25, 0.3) is 5.91 Å². The third kappa shape index (κ3) is 5.44. The van der Waals surface area contributed by atoms with Crippen LogP contribution in [0.5, 0.6) is 5.75 Å². The van der Waals surface area contributed by atoms with Crippen LogP contribution in [0.4, 0.5) is 11.4 Å². The van der Waals surface area contributed by atoms with E-state index in [-0.39, 0.29) is 18.9 Å². The van der Waals surface area contributed by atoms with Gasteiger partial charge in [0.15, 0.2) is 6.61 Å². The molecule has 2 aromatic rings. The van der Waals surface area contributed by atoms with Crippen molar-refractivity contribution < 1.29 is 23.9 Å². The maximum atomic E-state index is 12.5. The first-order chi connectivity index (χ1) is 14.8. The molecule has 8 heteroatoms. The van der Waals surface area contributed by atoms with E-state index in [9.17, 15) is 14.4 Å². The molecule has 0 bridgehead atoms. The number of rotatable bonds is 7. The van der Waals surface area contributed by atoms with Crippen molar-refractivity contribution in [2.75, 3.05) is 30.0 Å². The largest absolute Gasteiger partial charge is 0.492 e. The molecule has 1 N–H and O–H groups in total. The molecule has 3 rings (SSSR count). The first-order valence-electron chi connectivity index (χ1n) is 10.1. The number of benzene rings is 2. The van der Waals surface area contributed by atoms with Crippen LogP contribution in [-0.2, 0) is 19.1 Å². The lowest BCUT2D eigenvalue weighted by Crippen LogP contribution is -2.28. The summed E-state index contributed by atoms with van der Waals surface area (Å²) in [5.41, 5.74) is 3.16. The second-order valence-corrected chi connectivity index (χ2v) is 8.23. The van der Waals surface area contributed by atoms with E-state index < -0.39 is 24.4 Å². The van der Waals surface area contributed by atoms with Crippen LogP contribution in [0.3, 0.4) is 0 Å². The summed E-state index contributed by atoms with van der Waals surface area (Å²) in [5, 5.41) is 2.76.